The molecule has 1 heterocycles. The summed E-state index contributed by atoms with van der Waals surface area (Å²) < 4.78 is 8.95. The highest BCUT2D eigenvalue weighted by Crippen LogP contribution is 2.29. The SMILES string of the molecule is CCOc1cccc2sc(=NC(=O)C(c3ccccc3)c3ccccc3)n(CC)c12. The molecular formula is C25H24N2O2S. The Morgan fingerprint density at radius 2 is 1.57 bits per heavy atom. The van der Waals surface area contributed by atoms with Gasteiger partial charge in [-0.1, -0.05) is 78.1 Å². The van der Waals surface area contributed by atoms with Crippen molar-refractivity contribution in [2.75, 3.05) is 6.61 Å². The Morgan fingerprint density at radius 3 is 2.13 bits per heavy atom. The van der Waals surface area contributed by atoms with Crippen molar-refractivity contribution >= 4 is 27.5 Å². The highest BCUT2D eigenvalue weighted by atomic mass is 32.1. The maximum atomic E-state index is 13.5. The number of rotatable bonds is 6. The van der Waals surface area contributed by atoms with E-state index in [-0.39, 0.29) is 5.91 Å². The Morgan fingerprint density at radius 1 is 0.933 bits per heavy atom. The van der Waals surface area contributed by atoms with E-state index < -0.39 is 5.92 Å². The van der Waals surface area contributed by atoms with E-state index in [4.69, 9.17) is 4.74 Å². The quantitative estimate of drug-likeness (QED) is 0.423. The van der Waals surface area contributed by atoms with Crippen molar-refractivity contribution in [2.24, 2.45) is 4.99 Å². The summed E-state index contributed by atoms with van der Waals surface area (Å²) in [5.74, 6) is 0.220. The molecule has 0 saturated carbocycles. The Kier molecular flexibility index (Phi) is 6.10. The summed E-state index contributed by atoms with van der Waals surface area (Å²) in [5.41, 5.74) is 2.88. The number of ether oxygens (including phenoxy) is 1. The number of nitrogens with zero attached hydrogens (tertiary/aromatic N) is 2. The molecule has 0 aliphatic rings. The maximum Gasteiger partial charge on any atom is 0.260 e. The number of hydrogen-bond donors (Lipinski definition) is 0. The molecule has 0 aliphatic carbocycles. The normalized spacial score (nSPS) is 11.9. The molecule has 0 spiro atoms. The molecule has 1 amide bonds. The van der Waals surface area contributed by atoms with E-state index in [1.807, 2.05) is 85.8 Å². The highest BCUT2D eigenvalue weighted by Gasteiger charge is 2.23. The molecule has 0 radical (unpaired) electrons. The average Bonchev–Trinajstić information content (AvgIpc) is 3.13. The van der Waals surface area contributed by atoms with Crippen LogP contribution in [0.15, 0.2) is 83.9 Å². The van der Waals surface area contributed by atoms with Gasteiger partial charge >= 0.3 is 0 Å². The Balaban J connectivity index is 1.86. The number of amides is 1. The summed E-state index contributed by atoms with van der Waals surface area (Å²) in [5, 5.41) is 0. The van der Waals surface area contributed by atoms with Crippen LogP contribution in [-0.4, -0.2) is 17.1 Å². The monoisotopic (exact) mass is 416 g/mol. The first-order valence-corrected chi connectivity index (χ1v) is 11.0. The van der Waals surface area contributed by atoms with Gasteiger partial charge in [-0.25, -0.2) is 0 Å². The van der Waals surface area contributed by atoms with Crippen LogP contribution in [0.3, 0.4) is 0 Å². The van der Waals surface area contributed by atoms with Crippen molar-refractivity contribution in [3.05, 3.63) is 94.8 Å². The molecule has 0 saturated heterocycles. The molecule has 0 unspecified atom stereocenters. The van der Waals surface area contributed by atoms with Crippen molar-refractivity contribution in [1.29, 1.82) is 0 Å². The predicted octanol–water partition coefficient (Wildman–Crippen LogP) is 5.38. The van der Waals surface area contributed by atoms with Crippen LogP contribution in [0.1, 0.15) is 30.9 Å². The average molecular weight is 417 g/mol. The molecule has 0 N–H and O–H groups in total. The number of fused-ring (bicyclic) bond motifs is 1. The molecule has 1 aromatic heterocycles. The number of hydrogen-bond acceptors (Lipinski definition) is 3. The predicted molar refractivity (Wildman–Crippen MR) is 122 cm³/mol. The number of aryl methyl sites for hydroxylation is 1. The second-order valence-electron chi connectivity index (χ2n) is 6.87. The van der Waals surface area contributed by atoms with E-state index in [0.717, 1.165) is 27.1 Å². The first-order chi connectivity index (χ1) is 14.7. The molecule has 0 bridgehead atoms. The Hall–Kier alpha value is -3.18. The van der Waals surface area contributed by atoms with E-state index in [9.17, 15) is 4.79 Å². The van der Waals surface area contributed by atoms with Crippen LogP contribution in [0.25, 0.3) is 10.2 Å². The molecule has 3 aromatic carbocycles. The van der Waals surface area contributed by atoms with Crippen LogP contribution in [0.4, 0.5) is 0 Å². The van der Waals surface area contributed by atoms with Gasteiger partial charge in [0.1, 0.15) is 11.3 Å². The third-order valence-corrected chi connectivity index (χ3v) is 6.04. The van der Waals surface area contributed by atoms with Gasteiger partial charge in [0.25, 0.3) is 5.91 Å². The van der Waals surface area contributed by atoms with Gasteiger partial charge in [-0.05, 0) is 37.1 Å². The summed E-state index contributed by atoms with van der Waals surface area (Å²) in [6.45, 7) is 5.33. The minimum Gasteiger partial charge on any atom is -0.492 e. The minimum absolute atomic E-state index is 0.167. The molecule has 4 nitrogen and oxygen atoms in total. The molecule has 30 heavy (non-hydrogen) atoms. The minimum atomic E-state index is -0.436. The number of para-hydroxylation sites is 1. The lowest BCUT2D eigenvalue weighted by Crippen LogP contribution is -2.20. The smallest absolute Gasteiger partial charge is 0.260 e. The third kappa shape index (κ3) is 3.94. The fourth-order valence-corrected chi connectivity index (χ4v) is 4.79. The second-order valence-corrected chi connectivity index (χ2v) is 7.88. The van der Waals surface area contributed by atoms with Crippen LogP contribution >= 0.6 is 11.3 Å². The summed E-state index contributed by atoms with van der Waals surface area (Å²) in [7, 11) is 0. The fourth-order valence-electron chi connectivity index (χ4n) is 3.68. The van der Waals surface area contributed by atoms with Crippen LogP contribution in [0.2, 0.25) is 0 Å². The molecular weight excluding hydrogens is 392 g/mol. The van der Waals surface area contributed by atoms with E-state index in [2.05, 4.69) is 16.5 Å². The molecule has 5 heteroatoms. The van der Waals surface area contributed by atoms with Crippen LogP contribution in [-0.2, 0) is 11.3 Å². The van der Waals surface area contributed by atoms with Gasteiger partial charge in [-0.15, -0.1) is 0 Å². The number of carbonyl (C=O) groups is 1. The first-order valence-electron chi connectivity index (χ1n) is 10.2. The molecule has 4 aromatic rings. The van der Waals surface area contributed by atoms with Gasteiger partial charge < -0.3 is 9.30 Å². The number of aromatic nitrogens is 1. The van der Waals surface area contributed by atoms with E-state index >= 15 is 0 Å². The molecule has 0 aliphatic heterocycles. The standard InChI is InChI=1S/C25H24N2O2S/c1-3-27-23-20(29-4-2)16-11-17-21(23)30-25(27)26-24(28)22(18-12-7-5-8-13-18)19-14-9-6-10-15-19/h5-17,22H,3-4H2,1-2H3. The van der Waals surface area contributed by atoms with E-state index in [0.29, 0.717) is 18.0 Å². The van der Waals surface area contributed by atoms with Crippen molar-refractivity contribution in [1.82, 2.24) is 4.57 Å². The zero-order chi connectivity index (χ0) is 20.9. The number of thiazole rings is 1. The summed E-state index contributed by atoms with van der Waals surface area (Å²) in [4.78, 5) is 18.8. The zero-order valence-electron chi connectivity index (χ0n) is 17.1. The Labute approximate surface area is 180 Å². The lowest BCUT2D eigenvalue weighted by molar-refractivity contribution is -0.118. The topological polar surface area (TPSA) is 43.6 Å². The van der Waals surface area contributed by atoms with Gasteiger partial charge in [0.2, 0.25) is 0 Å². The zero-order valence-corrected chi connectivity index (χ0v) is 17.9. The molecule has 152 valence electrons. The molecule has 4 rings (SSSR count). The number of carbonyl (C=O) groups excluding carboxylic acids is 1. The third-order valence-electron chi connectivity index (χ3n) is 5.00. The van der Waals surface area contributed by atoms with Gasteiger partial charge in [0.05, 0.1) is 17.2 Å². The van der Waals surface area contributed by atoms with Crippen molar-refractivity contribution in [3.63, 3.8) is 0 Å². The van der Waals surface area contributed by atoms with E-state index in [1.165, 1.54) is 11.3 Å². The summed E-state index contributed by atoms with van der Waals surface area (Å²) in [6.07, 6.45) is 0. The van der Waals surface area contributed by atoms with Crippen LogP contribution in [0.5, 0.6) is 5.75 Å². The lowest BCUT2D eigenvalue weighted by Gasteiger charge is -2.14. The largest absolute Gasteiger partial charge is 0.492 e. The summed E-state index contributed by atoms with van der Waals surface area (Å²) >= 11 is 1.52. The number of benzene rings is 3. The first kappa shape index (κ1) is 20.1. The van der Waals surface area contributed by atoms with Crippen LogP contribution in [0, 0.1) is 0 Å². The van der Waals surface area contributed by atoms with Gasteiger partial charge in [0, 0.05) is 6.54 Å². The highest BCUT2D eigenvalue weighted by molar-refractivity contribution is 7.16. The summed E-state index contributed by atoms with van der Waals surface area (Å²) in [6, 6.07) is 25.7. The van der Waals surface area contributed by atoms with Crippen molar-refractivity contribution in [3.8, 4) is 5.75 Å². The van der Waals surface area contributed by atoms with Gasteiger partial charge in [-0.2, -0.15) is 4.99 Å². The van der Waals surface area contributed by atoms with Gasteiger partial charge in [0.15, 0.2) is 4.80 Å². The molecule has 0 atom stereocenters. The van der Waals surface area contributed by atoms with Gasteiger partial charge in [-0.3, -0.25) is 4.79 Å². The van der Waals surface area contributed by atoms with Crippen LogP contribution < -0.4 is 9.54 Å². The second kappa shape index (κ2) is 9.09. The lowest BCUT2D eigenvalue weighted by atomic mass is 9.91. The fraction of sp³-hybridized carbons (Fsp3) is 0.200. The van der Waals surface area contributed by atoms with Crippen molar-refractivity contribution < 1.29 is 9.53 Å². The Bertz CT molecular complexity index is 1170. The maximum absolute atomic E-state index is 13.5. The van der Waals surface area contributed by atoms with E-state index in [1.54, 1.807) is 0 Å². The molecule has 0 fully saturated rings. The van der Waals surface area contributed by atoms with Crippen molar-refractivity contribution in [2.45, 2.75) is 26.3 Å².